The van der Waals surface area contributed by atoms with Gasteiger partial charge in [-0.15, -0.1) is 10.2 Å². The third kappa shape index (κ3) is 3.91. The molecule has 1 aromatic heterocycles. The highest BCUT2D eigenvalue weighted by Gasteiger charge is 2.17. The van der Waals surface area contributed by atoms with Crippen LogP contribution in [0, 0.1) is 5.92 Å². The van der Waals surface area contributed by atoms with Gasteiger partial charge in [0.05, 0.1) is 5.52 Å². The number of carbonyl (C=O) groups excluding carboxylic acids is 1. The Labute approximate surface area is 151 Å². The molecule has 0 aliphatic rings. The third-order valence-electron chi connectivity index (χ3n) is 3.83. The molecule has 3 rings (SSSR count). The van der Waals surface area contributed by atoms with Crippen LogP contribution in [0.2, 0.25) is 0 Å². The van der Waals surface area contributed by atoms with Crippen LogP contribution < -0.4 is 4.74 Å². The maximum Gasteiger partial charge on any atom is 0.302 e. The van der Waals surface area contributed by atoms with Gasteiger partial charge in [-0.2, -0.15) is 0 Å². The number of para-hydroxylation sites is 2. The van der Waals surface area contributed by atoms with Crippen molar-refractivity contribution >= 4 is 22.5 Å². The zero-order chi connectivity index (χ0) is 18.5. The van der Waals surface area contributed by atoms with Crippen molar-refractivity contribution in [2.24, 2.45) is 16.1 Å². The lowest BCUT2D eigenvalue weighted by atomic mass is 10.2. The molecule has 3 aromatic rings. The molecule has 0 radical (unpaired) electrons. The summed E-state index contributed by atoms with van der Waals surface area (Å²) in [6, 6.07) is 16.6. The molecule has 6 heteroatoms. The maximum atomic E-state index is 11.9. The molecule has 0 saturated heterocycles. The molecule has 0 bridgehead atoms. The van der Waals surface area contributed by atoms with E-state index in [1.165, 1.54) is 0 Å². The first-order valence-electron chi connectivity index (χ1n) is 8.49. The lowest BCUT2D eigenvalue weighted by Crippen LogP contribution is -2.07. The Morgan fingerprint density at radius 3 is 2.54 bits per heavy atom. The van der Waals surface area contributed by atoms with E-state index in [9.17, 15) is 9.90 Å². The third-order valence-corrected chi connectivity index (χ3v) is 3.83. The molecule has 6 nitrogen and oxygen atoms in total. The summed E-state index contributed by atoms with van der Waals surface area (Å²) in [6.45, 7) is 4.57. The van der Waals surface area contributed by atoms with Crippen molar-refractivity contribution in [1.29, 1.82) is 0 Å². The van der Waals surface area contributed by atoms with Crippen LogP contribution in [0.15, 0.2) is 64.8 Å². The molecule has 0 aliphatic heterocycles. The fraction of sp³-hybridized carbons (Fsp3) is 0.250. The second kappa shape index (κ2) is 7.82. The molecule has 1 N–H and O–H groups in total. The highest BCUT2D eigenvalue weighted by Crippen LogP contribution is 2.39. The maximum absolute atomic E-state index is 11.9. The molecular weight excluding hydrogens is 330 g/mol. The highest BCUT2D eigenvalue weighted by molar-refractivity contribution is 5.95. The first-order valence-corrected chi connectivity index (χ1v) is 8.49. The molecular formula is C20H21N3O3. The van der Waals surface area contributed by atoms with E-state index >= 15 is 0 Å². The molecule has 1 heterocycles. The van der Waals surface area contributed by atoms with Crippen molar-refractivity contribution in [3.63, 3.8) is 0 Å². The summed E-state index contributed by atoms with van der Waals surface area (Å²) in [6.07, 6.45) is 0. The number of nitrogens with zero attached hydrogens (tertiary/aromatic N) is 3. The average molecular weight is 351 g/mol. The predicted molar refractivity (Wildman–Crippen MR) is 99.9 cm³/mol. The molecule has 0 saturated carbocycles. The molecule has 26 heavy (non-hydrogen) atoms. The van der Waals surface area contributed by atoms with Crippen molar-refractivity contribution in [2.45, 2.75) is 20.4 Å². The summed E-state index contributed by atoms with van der Waals surface area (Å²) < 4.78 is 7.15. The number of hydrogen-bond donors (Lipinski definition) is 1. The normalized spacial score (nSPS) is 11.5. The number of amides is 1. The van der Waals surface area contributed by atoms with Gasteiger partial charge >= 0.3 is 5.91 Å². The largest absolute Gasteiger partial charge is 0.493 e. The number of ether oxygens (including phenoxy) is 1. The van der Waals surface area contributed by atoms with Gasteiger partial charge in [-0.25, -0.2) is 0 Å². The van der Waals surface area contributed by atoms with Gasteiger partial charge in [-0.05, 0) is 24.1 Å². The minimum absolute atomic E-state index is 0.0143. The van der Waals surface area contributed by atoms with Crippen LogP contribution in [-0.4, -0.2) is 22.2 Å². The lowest BCUT2D eigenvalue weighted by molar-refractivity contribution is -0.120. The first kappa shape index (κ1) is 17.7. The summed E-state index contributed by atoms with van der Waals surface area (Å²) in [7, 11) is 0. The van der Waals surface area contributed by atoms with Crippen molar-refractivity contribution in [3.8, 4) is 11.6 Å². The Bertz CT molecular complexity index is 930. The molecule has 134 valence electrons. The van der Waals surface area contributed by atoms with Gasteiger partial charge in [-0.3, -0.25) is 4.79 Å². The summed E-state index contributed by atoms with van der Waals surface area (Å²) in [5.74, 6) is 0.434. The SMILES string of the molecule is CC(C)Cn1c(O)c(N=NC(=O)COc2ccccc2)c2ccccc21. The van der Waals surface area contributed by atoms with Gasteiger partial charge in [0.15, 0.2) is 12.3 Å². The van der Waals surface area contributed by atoms with Crippen LogP contribution in [0.1, 0.15) is 13.8 Å². The summed E-state index contributed by atoms with van der Waals surface area (Å²) in [5.41, 5.74) is 1.16. The number of hydrogen-bond acceptors (Lipinski definition) is 4. The van der Waals surface area contributed by atoms with Gasteiger partial charge in [0, 0.05) is 11.9 Å². The second-order valence-corrected chi connectivity index (χ2v) is 6.39. The Morgan fingerprint density at radius 1 is 1.12 bits per heavy atom. The Balaban J connectivity index is 1.80. The number of fused-ring (bicyclic) bond motifs is 1. The van der Waals surface area contributed by atoms with Gasteiger partial charge < -0.3 is 14.4 Å². The Hall–Kier alpha value is -3.15. The number of benzene rings is 2. The number of carbonyl (C=O) groups is 1. The zero-order valence-electron chi connectivity index (χ0n) is 14.8. The van der Waals surface area contributed by atoms with E-state index < -0.39 is 5.91 Å². The van der Waals surface area contributed by atoms with Crippen LogP contribution in [-0.2, 0) is 11.3 Å². The fourth-order valence-electron chi connectivity index (χ4n) is 2.72. The summed E-state index contributed by atoms with van der Waals surface area (Å²) in [5, 5.41) is 19.0. The minimum Gasteiger partial charge on any atom is -0.493 e. The fourth-order valence-corrected chi connectivity index (χ4v) is 2.72. The molecule has 0 spiro atoms. The van der Waals surface area contributed by atoms with Crippen molar-refractivity contribution in [3.05, 3.63) is 54.6 Å². The molecule has 2 aromatic carbocycles. The zero-order valence-corrected chi connectivity index (χ0v) is 14.8. The van der Waals surface area contributed by atoms with E-state index in [1.807, 2.05) is 42.5 Å². The van der Waals surface area contributed by atoms with Crippen molar-refractivity contribution in [1.82, 2.24) is 4.57 Å². The Morgan fingerprint density at radius 2 is 1.81 bits per heavy atom. The number of azo groups is 1. The van der Waals surface area contributed by atoms with E-state index in [0.29, 0.717) is 23.9 Å². The van der Waals surface area contributed by atoms with E-state index in [0.717, 1.165) is 10.9 Å². The molecule has 0 unspecified atom stereocenters. The van der Waals surface area contributed by atoms with Gasteiger partial charge in [0.25, 0.3) is 0 Å². The first-order chi connectivity index (χ1) is 12.6. The summed E-state index contributed by atoms with van der Waals surface area (Å²) in [4.78, 5) is 11.9. The average Bonchev–Trinajstić information content (AvgIpc) is 2.90. The van der Waals surface area contributed by atoms with Gasteiger partial charge in [0.1, 0.15) is 5.75 Å². The van der Waals surface area contributed by atoms with E-state index in [2.05, 4.69) is 24.1 Å². The van der Waals surface area contributed by atoms with E-state index in [1.54, 1.807) is 16.7 Å². The van der Waals surface area contributed by atoms with Crippen LogP contribution in [0.3, 0.4) is 0 Å². The topological polar surface area (TPSA) is 76.2 Å². The Kier molecular flexibility index (Phi) is 5.31. The standard InChI is InChI=1S/C20H21N3O3/c1-14(2)12-23-17-11-7-6-10-16(17)19(20(23)25)22-21-18(24)13-26-15-8-4-3-5-9-15/h3-11,14,25H,12-13H2,1-2H3. The molecule has 0 aliphatic carbocycles. The number of aromatic hydroxyl groups is 1. The second-order valence-electron chi connectivity index (χ2n) is 6.39. The number of aromatic nitrogens is 1. The minimum atomic E-state index is -0.519. The lowest BCUT2D eigenvalue weighted by Gasteiger charge is -2.09. The van der Waals surface area contributed by atoms with Crippen LogP contribution in [0.5, 0.6) is 11.6 Å². The smallest absolute Gasteiger partial charge is 0.302 e. The van der Waals surface area contributed by atoms with Gasteiger partial charge in [0.2, 0.25) is 5.88 Å². The monoisotopic (exact) mass is 351 g/mol. The van der Waals surface area contributed by atoms with E-state index in [-0.39, 0.29) is 12.5 Å². The quantitative estimate of drug-likeness (QED) is 0.654. The molecule has 0 atom stereocenters. The number of rotatable bonds is 6. The van der Waals surface area contributed by atoms with Gasteiger partial charge in [-0.1, -0.05) is 50.2 Å². The van der Waals surface area contributed by atoms with Crippen molar-refractivity contribution < 1.29 is 14.6 Å². The molecule has 0 fully saturated rings. The summed E-state index contributed by atoms with van der Waals surface area (Å²) >= 11 is 0. The van der Waals surface area contributed by atoms with Crippen LogP contribution in [0.4, 0.5) is 5.69 Å². The predicted octanol–water partition coefficient (Wildman–Crippen LogP) is 4.69. The van der Waals surface area contributed by atoms with Crippen molar-refractivity contribution in [2.75, 3.05) is 6.61 Å². The molecule has 1 amide bonds. The van der Waals surface area contributed by atoms with Crippen LogP contribution in [0.25, 0.3) is 10.9 Å². The highest BCUT2D eigenvalue weighted by atomic mass is 16.5. The van der Waals surface area contributed by atoms with Crippen LogP contribution >= 0.6 is 0 Å². The van der Waals surface area contributed by atoms with E-state index in [4.69, 9.17) is 4.74 Å².